The van der Waals surface area contributed by atoms with E-state index in [1.165, 1.54) is 41.7 Å². The van der Waals surface area contributed by atoms with Crippen molar-refractivity contribution in [2.45, 2.75) is 19.1 Å². The molecule has 0 fully saturated rings. The van der Waals surface area contributed by atoms with Gasteiger partial charge in [0.25, 0.3) is 11.9 Å². The van der Waals surface area contributed by atoms with E-state index in [0.717, 1.165) is 4.68 Å². The number of carbonyl (C=O) groups excluding carboxylic acids is 1. The summed E-state index contributed by atoms with van der Waals surface area (Å²) in [7, 11) is 0. The highest BCUT2D eigenvalue weighted by Gasteiger charge is 2.34. The number of halogens is 4. The van der Waals surface area contributed by atoms with Gasteiger partial charge in [-0.15, -0.1) is 0 Å². The van der Waals surface area contributed by atoms with Gasteiger partial charge in [-0.1, -0.05) is 11.6 Å². The lowest BCUT2D eigenvalue weighted by molar-refractivity contribution is -0.141. The Bertz CT molecular complexity index is 1260. The first-order chi connectivity index (χ1) is 15.2. The minimum Gasteiger partial charge on any atom is -0.342 e. The maximum atomic E-state index is 13.4. The summed E-state index contributed by atoms with van der Waals surface area (Å²) >= 11 is 5.75. The maximum absolute atomic E-state index is 13.4. The average Bonchev–Trinajstić information content (AvgIpc) is 3.43. The predicted molar refractivity (Wildman–Crippen MR) is 104 cm³/mol. The predicted octanol–water partition coefficient (Wildman–Crippen LogP) is 2.80. The molecule has 0 aliphatic heterocycles. The lowest BCUT2D eigenvalue weighted by atomic mass is 10.2. The molecule has 0 bridgehead atoms. The summed E-state index contributed by atoms with van der Waals surface area (Å²) in [6, 6.07) is 4.09. The van der Waals surface area contributed by atoms with E-state index in [-0.39, 0.29) is 28.3 Å². The molecule has 0 saturated carbocycles. The van der Waals surface area contributed by atoms with Crippen molar-refractivity contribution >= 4 is 17.5 Å². The van der Waals surface area contributed by atoms with Crippen LogP contribution in [-0.2, 0) is 6.18 Å². The van der Waals surface area contributed by atoms with Crippen LogP contribution in [0.1, 0.15) is 34.8 Å². The van der Waals surface area contributed by atoms with Crippen molar-refractivity contribution in [1.82, 2.24) is 44.8 Å². The van der Waals surface area contributed by atoms with Crippen LogP contribution >= 0.6 is 11.6 Å². The zero-order valence-electron chi connectivity index (χ0n) is 16.2. The largest absolute Gasteiger partial charge is 0.433 e. The highest BCUT2D eigenvalue weighted by Crippen LogP contribution is 2.29. The number of aromatic nitrogens is 8. The van der Waals surface area contributed by atoms with Crippen molar-refractivity contribution in [2.24, 2.45) is 0 Å². The van der Waals surface area contributed by atoms with E-state index in [9.17, 15) is 18.0 Å². The van der Waals surface area contributed by atoms with E-state index in [2.05, 4.69) is 35.5 Å². The lowest BCUT2D eigenvalue weighted by Gasteiger charge is -2.15. The second-order valence-electron chi connectivity index (χ2n) is 6.45. The van der Waals surface area contributed by atoms with Gasteiger partial charge in [-0.2, -0.15) is 28.1 Å². The van der Waals surface area contributed by atoms with Gasteiger partial charge in [-0.25, -0.2) is 24.6 Å². The third-order valence-electron chi connectivity index (χ3n) is 4.21. The molecule has 1 amide bonds. The van der Waals surface area contributed by atoms with Gasteiger partial charge >= 0.3 is 6.18 Å². The van der Waals surface area contributed by atoms with Crippen LogP contribution in [0.5, 0.6) is 0 Å². The first-order valence-electron chi connectivity index (χ1n) is 9.01. The van der Waals surface area contributed by atoms with Gasteiger partial charge in [0.15, 0.2) is 16.8 Å². The van der Waals surface area contributed by atoms with Gasteiger partial charge in [0.05, 0.1) is 6.04 Å². The standard InChI is InChI=1S/C18H13ClF3N9O/c1-10(15-25-9-26-31(15)17-23-4-2-5-24-17)27-16(32)11-7-12(18(20,21)22)28-14(8-11)30-6-3-13(19)29-30/h2-10H,1H3,(H,27,32). The van der Waals surface area contributed by atoms with E-state index in [1.807, 2.05) is 0 Å². The maximum Gasteiger partial charge on any atom is 0.433 e. The van der Waals surface area contributed by atoms with Crippen LogP contribution in [-0.4, -0.2) is 45.4 Å². The Morgan fingerprint density at radius 2 is 1.94 bits per heavy atom. The Balaban J connectivity index is 1.64. The normalized spacial score (nSPS) is 12.5. The number of nitrogens with one attached hydrogen (secondary N) is 1. The summed E-state index contributed by atoms with van der Waals surface area (Å²) in [4.78, 5) is 28.6. The second kappa shape index (κ2) is 8.34. The molecule has 1 atom stereocenters. The van der Waals surface area contributed by atoms with Crippen LogP contribution in [0.25, 0.3) is 11.8 Å². The first-order valence-corrected chi connectivity index (χ1v) is 9.39. The van der Waals surface area contributed by atoms with Crippen LogP contribution in [0, 0.1) is 0 Å². The van der Waals surface area contributed by atoms with E-state index < -0.39 is 23.8 Å². The SMILES string of the molecule is CC(NC(=O)c1cc(-n2ccc(Cl)n2)nc(C(F)(F)F)c1)c1ncnn1-c1ncccn1. The molecule has 0 radical (unpaired) electrons. The Morgan fingerprint density at radius 1 is 1.19 bits per heavy atom. The molecule has 0 aliphatic rings. The van der Waals surface area contributed by atoms with Crippen molar-refractivity contribution < 1.29 is 18.0 Å². The summed E-state index contributed by atoms with van der Waals surface area (Å²) in [5, 5.41) is 10.5. The van der Waals surface area contributed by atoms with Gasteiger partial charge in [0, 0.05) is 24.2 Å². The van der Waals surface area contributed by atoms with Crippen molar-refractivity contribution in [3.63, 3.8) is 0 Å². The minimum atomic E-state index is -4.78. The fourth-order valence-corrected chi connectivity index (χ4v) is 2.92. The zero-order valence-corrected chi connectivity index (χ0v) is 16.9. The topological polar surface area (TPSA) is 116 Å². The Labute approximate surface area is 183 Å². The molecule has 4 rings (SSSR count). The van der Waals surface area contributed by atoms with Gasteiger partial charge in [-0.05, 0) is 31.2 Å². The van der Waals surface area contributed by atoms with Crippen LogP contribution in [0.2, 0.25) is 5.15 Å². The molecule has 4 heterocycles. The summed E-state index contributed by atoms with van der Waals surface area (Å²) in [5.74, 6) is -0.491. The Hall–Kier alpha value is -3.87. The minimum absolute atomic E-state index is 0.0614. The van der Waals surface area contributed by atoms with E-state index >= 15 is 0 Å². The Kier molecular flexibility index (Phi) is 5.57. The highest BCUT2D eigenvalue weighted by molar-refractivity contribution is 6.29. The van der Waals surface area contributed by atoms with Crippen LogP contribution in [0.3, 0.4) is 0 Å². The number of hydrogen-bond acceptors (Lipinski definition) is 7. The summed E-state index contributed by atoms with van der Waals surface area (Å²) < 4.78 is 42.5. The summed E-state index contributed by atoms with van der Waals surface area (Å²) in [6.07, 6.45) is 0.823. The van der Waals surface area contributed by atoms with Crippen molar-refractivity contribution in [3.8, 4) is 11.8 Å². The number of alkyl halides is 3. The van der Waals surface area contributed by atoms with E-state index in [4.69, 9.17) is 11.6 Å². The van der Waals surface area contributed by atoms with Gasteiger partial charge in [0.1, 0.15) is 12.0 Å². The molecule has 1 unspecified atom stereocenters. The number of pyridine rings is 1. The summed E-state index contributed by atoms with van der Waals surface area (Å²) in [5.41, 5.74) is -1.52. The molecular formula is C18H13ClF3N9O. The molecule has 14 heteroatoms. The smallest absolute Gasteiger partial charge is 0.342 e. The lowest BCUT2D eigenvalue weighted by Crippen LogP contribution is -2.29. The fourth-order valence-electron chi connectivity index (χ4n) is 2.78. The van der Waals surface area contributed by atoms with Crippen molar-refractivity contribution in [3.05, 3.63) is 71.4 Å². The van der Waals surface area contributed by atoms with Gasteiger partial charge in [-0.3, -0.25) is 4.79 Å². The van der Waals surface area contributed by atoms with Crippen LogP contribution in [0.15, 0.2) is 49.2 Å². The molecule has 32 heavy (non-hydrogen) atoms. The van der Waals surface area contributed by atoms with Crippen LogP contribution in [0.4, 0.5) is 13.2 Å². The number of hydrogen-bond donors (Lipinski definition) is 1. The van der Waals surface area contributed by atoms with E-state index in [1.54, 1.807) is 13.0 Å². The summed E-state index contributed by atoms with van der Waals surface area (Å²) in [6.45, 7) is 1.60. The first kappa shape index (κ1) is 21.4. The molecule has 1 N–H and O–H groups in total. The quantitative estimate of drug-likeness (QED) is 0.483. The van der Waals surface area contributed by atoms with Crippen molar-refractivity contribution in [2.75, 3.05) is 0 Å². The van der Waals surface area contributed by atoms with E-state index in [0.29, 0.717) is 6.07 Å². The third-order valence-corrected chi connectivity index (χ3v) is 4.41. The molecule has 4 aromatic rings. The van der Waals surface area contributed by atoms with Crippen LogP contribution < -0.4 is 5.32 Å². The van der Waals surface area contributed by atoms with Gasteiger partial charge < -0.3 is 5.32 Å². The molecular weight excluding hydrogens is 451 g/mol. The number of carbonyl (C=O) groups is 1. The fraction of sp³-hybridized carbons (Fsp3) is 0.167. The number of amides is 1. The van der Waals surface area contributed by atoms with Gasteiger partial charge in [0.2, 0.25) is 0 Å². The second-order valence-corrected chi connectivity index (χ2v) is 6.84. The third kappa shape index (κ3) is 4.42. The molecule has 4 aromatic heterocycles. The average molecular weight is 464 g/mol. The number of nitrogens with zero attached hydrogens (tertiary/aromatic N) is 8. The zero-order chi connectivity index (χ0) is 22.9. The number of rotatable bonds is 5. The molecule has 0 spiro atoms. The monoisotopic (exact) mass is 463 g/mol. The molecule has 164 valence electrons. The van der Waals surface area contributed by atoms with Crippen molar-refractivity contribution in [1.29, 1.82) is 0 Å². The Morgan fingerprint density at radius 3 is 2.59 bits per heavy atom. The molecule has 0 aromatic carbocycles. The molecule has 10 nitrogen and oxygen atoms in total. The molecule has 0 saturated heterocycles. The molecule has 0 aliphatic carbocycles. The highest BCUT2D eigenvalue weighted by atomic mass is 35.5.